The number of pyridine rings is 2. The van der Waals surface area contributed by atoms with Gasteiger partial charge in [0.05, 0.1) is 11.4 Å². The predicted molar refractivity (Wildman–Crippen MR) is 127 cm³/mol. The van der Waals surface area contributed by atoms with Gasteiger partial charge >= 0.3 is 0 Å². The third-order valence-corrected chi connectivity index (χ3v) is 8.28. The Bertz CT molecular complexity index is 1340. The molecule has 6 nitrogen and oxygen atoms in total. The largest absolute Gasteiger partial charge is 0.348 e. The third-order valence-electron chi connectivity index (χ3n) is 7.22. The van der Waals surface area contributed by atoms with Gasteiger partial charge in [-0.25, -0.2) is 19.3 Å². The molecule has 2 bridgehead atoms. The minimum atomic E-state index is -0.343. The van der Waals surface area contributed by atoms with Gasteiger partial charge in [-0.15, -0.1) is 0 Å². The quantitative estimate of drug-likeness (QED) is 0.478. The molecule has 0 saturated carbocycles. The van der Waals surface area contributed by atoms with Gasteiger partial charge in [-0.1, -0.05) is 11.3 Å². The number of nitrogens with zero attached hydrogens (tertiary/aromatic N) is 5. The lowest BCUT2D eigenvalue weighted by atomic mass is 9.84. The van der Waals surface area contributed by atoms with Crippen LogP contribution < -0.4 is 10.2 Å². The predicted octanol–water partition coefficient (Wildman–Crippen LogP) is 4.95. The number of aryl methyl sites for hydroxylation is 1. The van der Waals surface area contributed by atoms with Gasteiger partial charge in [0.25, 0.3) is 0 Å². The Balaban J connectivity index is 1.33. The maximum Gasteiger partial charge on any atom is 0.187 e. The molecule has 8 heteroatoms. The van der Waals surface area contributed by atoms with Crippen molar-refractivity contribution in [2.75, 3.05) is 11.9 Å². The molecule has 2 fully saturated rings. The molecule has 2 aliphatic rings. The van der Waals surface area contributed by atoms with Gasteiger partial charge in [0.1, 0.15) is 10.3 Å². The first kappa shape index (κ1) is 20.1. The summed E-state index contributed by atoms with van der Waals surface area (Å²) in [5.41, 5.74) is 3.90. The molecule has 32 heavy (non-hydrogen) atoms. The standard InChI is InChI=1S/C24H27FN6S/c1-14-12-31-13-15(9-17(25)20(31)26-14)18-5-6-19-21(27-18)32-22(28-19)30(4)16-10-23(2)7-8-24(3,11-16)29-23/h5-6,9,12-13,16,29H,7-8,10-11H2,1-4H3. The average molecular weight is 451 g/mol. The van der Waals surface area contributed by atoms with E-state index in [2.05, 4.69) is 36.1 Å². The number of fused-ring (bicyclic) bond motifs is 4. The highest BCUT2D eigenvalue weighted by Crippen LogP contribution is 2.44. The second kappa shape index (κ2) is 6.71. The summed E-state index contributed by atoms with van der Waals surface area (Å²) in [5, 5.41) is 4.85. The molecule has 2 unspecified atom stereocenters. The van der Waals surface area contributed by atoms with Crippen molar-refractivity contribution in [3.8, 4) is 11.3 Å². The van der Waals surface area contributed by atoms with E-state index in [-0.39, 0.29) is 16.9 Å². The number of anilines is 1. The first-order valence-electron chi connectivity index (χ1n) is 11.2. The van der Waals surface area contributed by atoms with Gasteiger partial charge in [0, 0.05) is 42.1 Å². The summed E-state index contributed by atoms with van der Waals surface area (Å²) < 4.78 is 16.3. The van der Waals surface area contributed by atoms with Crippen LogP contribution in [0.25, 0.3) is 27.3 Å². The number of piperidine rings is 1. The Labute approximate surface area is 190 Å². The lowest BCUT2D eigenvalue weighted by Gasteiger charge is -2.45. The summed E-state index contributed by atoms with van der Waals surface area (Å²) in [5.74, 6) is -0.343. The molecule has 4 aromatic rings. The first-order chi connectivity index (χ1) is 15.2. The number of halogens is 1. The van der Waals surface area contributed by atoms with Crippen LogP contribution in [0.1, 0.15) is 45.2 Å². The van der Waals surface area contributed by atoms with E-state index in [1.807, 2.05) is 31.5 Å². The van der Waals surface area contributed by atoms with Crippen LogP contribution >= 0.6 is 11.3 Å². The number of rotatable bonds is 3. The number of aromatic nitrogens is 4. The van der Waals surface area contributed by atoms with Crippen LogP contribution in [0.4, 0.5) is 9.52 Å². The summed E-state index contributed by atoms with van der Waals surface area (Å²) in [7, 11) is 2.16. The van der Waals surface area contributed by atoms with Crippen LogP contribution in [-0.2, 0) is 0 Å². The number of imidazole rings is 1. The Morgan fingerprint density at radius 1 is 1.12 bits per heavy atom. The van der Waals surface area contributed by atoms with E-state index in [1.54, 1.807) is 15.7 Å². The molecule has 0 radical (unpaired) electrons. The molecule has 2 atom stereocenters. The fraction of sp³-hybridized carbons (Fsp3) is 0.458. The molecular weight excluding hydrogens is 423 g/mol. The van der Waals surface area contributed by atoms with Crippen molar-refractivity contribution < 1.29 is 4.39 Å². The normalized spacial score (nSPS) is 27.5. The van der Waals surface area contributed by atoms with E-state index in [1.165, 1.54) is 18.9 Å². The van der Waals surface area contributed by atoms with Crippen molar-refractivity contribution in [1.82, 2.24) is 24.7 Å². The van der Waals surface area contributed by atoms with Crippen molar-refractivity contribution in [1.29, 1.82) is 0 Å². The number of thiazole rings is 1. The maximum absolute atomic E-state index is 14.6. The number of hydrogen-bond donors (Lipinski definition) is 1. The molecule has 2 saturated heterocycles. The summed E-state index contributed by atoms with van der Waals surface area (Å²) >= 11 is 1.61. The smallest absolute Gasteiger partial charge is 0.187 e. The molecule has 1 N–H and O–H groups in total. The van der Waals surface area contributed by atoms with Crippen molar-refractivity contribution in [3.63, 3.8) is 0 Å². The molecule has 6 heterocycles. The molecule has 0 aromatic carbocycles. The van der Waals surface area contributed by atoms with E-state index in [0.29, 0.717) is 11.7 Å². The van der Waals surface area contributed by atoms with Gasteiger partial charge in [0.15, 0.2) is 16.6 Å². The summed E-state index contributed by atoms with van der Waals surface area (Å²) in [6.07, 6.45) is 8.42. The van der Waals surface area contributed by atoms with E-state index in [9.17, 15) is 4.39 Å². The fourth-order valence-corrected chi connectivity index (χ4v) is 6.66. The monoisotopic (exact) mass is 450 g/mol. The van der Waals surface area contributed by atoms with Crippen molar-refractivity contribution >= 4 is 32.5 Å². The van der Waals surface area contributed by atoms with Crippen LogP contribution in [0, 0.1) is 12.7 Å². The Morgan fingerprint density at radius 3 is 2.62 bits per heavy atom. The second-order valence-electron chi connectivity index (χ2n) is 10.1. The zero-order valence-corrected chi connectivity index (χ0v) is 19.6. The summed E-state index contributed by atoms with van der Waals surface area (Å²) in [6, 6.07) is 5.87. The van der Waals surface area contributed by atoms with Crippen molar-refractivity contribution in [2.24, 2.45) is 0 Å². The van der Waals surface area contributed by atoms with Gasteiger partial charge in [0.2, 0.25) is 0 Å². The number of nitrogens with one attached hydrogen (secondary N) is 1. The molecule has 6 rings (SSSR count). The topological polar surface area (TPSA) is 58.4 Å². The number of hydrogen-bond acceptors (Lipinski definition) is 6. The minimum absolute atomic E-state index is 0.211. The molecule has 0 spiro atoms. The Kier molecular flexibility index (Phi) is 4.21. The van der Waals surface area contributed by atoms with Crippen LogP contribution in [0.5, 0.6) is 0 Å². The molecule has 0 aliphatic carbocycles. The van der Waals surface area contributed by atoms with Gasteiger partial charge < -0.3 is 14.6 Å². The first-order valence-corrected chi connectivity index (χ1v) is 12.0. The molecule has 0 amide bonds. The average Bonchev–Trinajstić information content (AvgIpc) is 3.39. The summed E-state index contributed by atoms with van der Waals surface area (Å²) in [4.78, 5) is 17.2. The van der Waals surface area contributed by atoms with Crippen molar-refractivity contribution in [2.45, 2.75) is 63.6 Å². The van der Waals surface area contributed by atoms with E-state index >= 15 is 0 Å². The molecule has 4 aromatic heterocycles. The molecule has 2 aliphatic heterocycles. The maximum atomic E-state index is 14.6. The lowest BCUT2D eigenvalue weighted by molar-refractivity contribution is 0.208. The highest BCUT2D eigenvalue weighted by atomic mass is 32.1. The summed E-state index contributed by atoms with van der Waals surface area (Å²) in [6.45, 7) is 6.56. The van der Waals surface area contributed by atoms with Gasteiger partial charge in [-0.2, -0.15) is 0 Å². The second-order valence-corrected chi connectivity index (χ2v) is 11.1. The van der Waals surface area contributed by atoms with E-state index < -0.39 is 0 Å². The van der Waals surface area contributed by atoms with Gasteiger partial charge in [-0.3, -0.25) is 0 Å². The van der Waals surface area contributed by atoms with Gasteiger partial charge in [-0.05, 0) is 64.7 Å². The van der Waals surface area contributed by atoms with Crippen LogP contribution in [-0.4, -0.2) is 43.5 Å². The van der Waals surface area contributed by atoms with Crippen LogP contribution in [0.2, 0.25) is 0 Å². The fourth-order valence-electron chi connectivity index (χ4n) is 5.69. The Morgan fingerprint density at radius 2 is 1.88 bits per heavy atom. The highest BCUT2D eigenvalue weighted by molar-refractivity contribution is 7.21. The SMILES string of the molecule is Cc1cn2cc(-c3ccc4nc(N(C)C5CC6(C)CCC(C)(C5)N6)sc4n3)cc(F)c2n1. The molecule has 166 valence electrons. The highest BCUT2D eigenvalue weighted by Gasteiger charge is 2.49. The zero-order valence-electron chi connectivity index (χ0n) is 18.8. The van der Waals surface area contributed by atoms with E-state index in [0.717, 1.165) is 45.3 Å². The lowest BCUT2D eigenvalue weighted by Crippen LogP contribution is -2.58. The van der Waals surface area contributed by atoms with Crippen LogP contribution in [0.15, 0.2) is 30.6 Å². The minimum Gasteiger partial charge on any atom is -0.348 e. The van der Waals surface area contributed by atoms with Crippen LogP contribution in [0.3, 0.4) is 0 Å². The van der Waals surface area contributed by atoms with Crippen molar-refractivity contribution in [3.05, 3.63) is 42.1 Å². The third kappa shape index (κ3) is 3.19. The Hall–Kier alpha value is -2.58. The molecular formula is C24H27FN6S. The zero-order chi connectivity index (χ0) is 22.3. The van der Waals surface area contributed by atoms with E-state index in [4.69, 9.17) is 9.97 Å².